The number of methoxy groups -OCH3 is 1. The molecule has 1 heterocycles. The number of aryl methyl sites for hydroxylation is 2. The monoisotopic (exact) mass is 295 g/mol. The van der Waals surface area contributed by atoms with Gasteiger partial charge in [-0.1, -0.05) is 18.2 Å². The summed E-state index contributed by atoms with van der Waals surface area (Å²) >= 11 is 0. The van der Waals surface area contributed by atoms with Crippen LogP contribution >= 0.6 is 0 Å². The van der Waals surface area contributed by atoms with Crippen molar-refractivity contribution < 1.29 is 4.74 Å². The molecule has 1 N–H and O–H groups in total. The Labute approximate surface area is 130 Å². The lowest BCUT2D eigenvalue weighted by atomic mass is 10.2. The third-order valence-electron chi connectivity index (χ3n) is 3.94. The third-order valence-corrected chi connectivity index (χ3v) is 3.94. The molecule has 4 nitrogen and oxygen atoms in total. The molecule has 114 valence electrons. The van der Waals surface area contributed by atoms with E-state index in [1.807, 2.05) is 30.3 Å². The van der Waals surface area contributed by atoms with Crippen molar-refractivity contribution in [2.75, 3.05) is 12.4 Å². The van der Waals surface area contributed by atoms with Crippen LogP contribution in [0.5, 0.6) is 5.75 Å². The van der Waals surface area contributed by atoms with Gasteiger partial charge in [0.15, 0.2) is 0 Å². The zero-order valence-corrected chi connectivity index (χ0v) is 13.4. The zero-order chi connectivity index (χ0) is 15.7. The van der Waals surface area contributed by atoms with Gasteiger partial charge in [0.2, 0.25) is 0 Å². The van der Waals surface area contributed by atoms with Gasteiger partial charge in [-0.05, 0) is 43.7 Å². The normalized spacial score (nSPS) is 12.4. The van der Waals surface area contributed by atoms with Crippen molar-refractivity contribution in [3.05, 3.63) is 53.9 Å². The first kappa shape index (κ1) is 14.4. The largest absolute Gasteiger partial charge is 0.495 e. The average Bonchev–Trinajstić information content (AvgIpc) is 2.85. The first-order valence-corrected chi connectivity index (χ1v) is 7.42. The number of para-hydroxylation sites is 2. The van der Waals surface area contributed by atoms with Crippen molar-refractivity contribution in [3.8, 4) is 5.75 Å². The highest BCUT2D eigenvalue weighted by Crippen LogP contribution is 2.29. The number of fused-ring (bicyclic) bond motifs is 1. The minimum Gasteiger partial charge on any atom is -0.495 e. The van der Waals surface area contributed by atoms with E-state index in [-0.39, 0.29) is 6.04 Å². The summed E-state index contributed by atoms with van der Waals surface area (Å²) in [7, 11) is 3.74. The molecule has 0 spiro atoms. The standard InChI is InChI=1S/C18H21N3O/c1-12-9-10-17(22-4)15(11-12)19-13(2)18-20-14-7-5-6-8-16(14)21(18)3/h5-11,13,19H,1-4H3. The van der Waals surface area contributed by atoms with Gasteiger partial charge < -0.3 is 14.6 Å². The summed E-state index contributed by atoms with van der Waals surface area (Å²) in [5.41, 5.74) is 4.34. The number of hydrogen-bond acceptors (Lipinski definition) is 3. The molecular formula is C18H21N3O. The SMILES string of the molecule is COc1ccc(C)cc1NC(C)c1nc2ccccc2n1C. The van der Waals surface area contributed by atoms with Crippen LogP contribution in [-0.2, 0) is 7.05 Å². The number of benzene rings is 2. The lowest BCUT2D eigenvalue weighted by Gasteiger charge is -2.18. The number of anilines is 1. The van der Waals surface area contributed by atoms with Crippen LogP contribution in [0.15, 0.2) is 42.5 Å². The van der Waals surface area contributed by atoms with E-state index in [1.165, 1.54) is 5.56 Å². The van der Waals surface area contributed by atoms with Gasteiger partial charge in [-0.3, -0.25) is 0 Å². The second-order valence-electron chi connectivity index (χ2n) is 5.59. The topological polar surface area (TPSA) is 39.1 Å². The molecule has 2 aromatic carbocycles. The Morgan fingerprint density at radius 2 is 1.95 bits per heavy atom. The molecule has 0 radical (unpaired) electrons. The van der Waals surface area contributed by atoms with Crippen LogP contribution in [0.4, 0.5) is 5.69 Å². The highest BCUT2D eigenvalue weighted by atomic mass is 16.5. The van der Waals surface area contributed by atoms with Crippen molar-refractivity contribution >= 4 is 16.7 Å². The van der Waals surface area contributed by atoms with E-state index in [2.05, 4.69) is 42.9 Å². The van der Waals surface area contributed by atoms with E-state index in [4.69, 9.17) is 9.72 Å². The van der Waals surface area contributed by atoms with Gasteiger partial charge in [-0.25, -0.2) is 4.98 Å². The van der Waals surface area contributed by atoms with E-state index in [9.17, 15) is 0 Å². The Balaban J connectivity index is 1.95. The molecule has 0 aliphatic carbocycles. The highest BCUT2D eigenvalue weighted by molar-refractivity contribution is 5.76. The van der Waals surface area contributed by atoms with Crippen LogP contribution in [0.1, 0.15) is 24.4 Å². The summed E-state index contributed by atoms with van der Waals surface area (Å²) in [5.74, 6) is 1.85. The molecule has 1 atom stereocenters. The van der Waals surface area contributed by atoms with E-state index >= 15 is 0 Å². The fourth-order valence-corrected chi connectivity index (χ4v) is 2.78. The van der Waals surface area contributed by atoms with E-state index in [1.54, 1.807) is 7.11 Å². The molecule has 0 saturated carbocycles. The number of aromatic nitrogens is 2. The highest BCUT2D eigenvalue weighted by Gasteiger charge is 2.15. The van der Waals surface area contributed by atoms with Crippen LogP contribution in [0.3, 0.4) is 0 Å². The molecular weight excluding hydrogens is 274 g/mol. The van der Waals surface area contributed by atoms with E-state index in [0.29, 0.717) is 0 Å². The van der Waals surface area contributed by atoms with Crippen molar-refractivity contribution in [2.45, 2.75) is 19.9 Å². The van der Waals surface area contributed by atoms with Crippen LogP contribution in [0.2, 0.25) is 0 Å². The first-order valence-electron chi connectivity index (χ1n) is 7.42. The maximum atomic E-state index is 5.44. The fraction of sp³-hybridized carbons (Fsp3) is 0.278. The van der Waals surface area contributed by atoms with E-state index < -0.39 is 0 Å². The number of hydrogen-bond donors (Lipinski definition) is 1. The van der Waals surface area contributed by atoms with Crippen LogP contribution in [-0.4, -0.2) is 16.7 Å². The molecule has 22 heavy (non-hydrogen) atoms. The van der Waals surface area contributed by atoms with Gasteiger partial charge in [0.05, 0.1) is 29.9 Å². The van der Waals surface area contributed by atoms with Crippen molar-refractivity contribution in [1.82, 2.24) is 9.55 Å². The van der Waals surface area contributed by atoms with Gasteiger partial charge in [0.25, 0.3) is 0 Å². The summed E-state index contributed by atoms with van der Waals surface area (Å²) in [6.45, 7) is 4.19. The van der Waals surface area contributed by atoms with Crippen LogP contribution in [0, 0.1) is 6.92 Å². The molecule has 0 fully saturated rings. The fourth-order valence-electron chi connectivity index (χ4n) is 2.78. The molecule has 1 aromatic heterocycles. The van der Waals surface area contributed by atoms with Crippen LogP contribution < -0.4 is 10.1 Å². The Morgan fingerprint density at radius 3 is 2.68 bits per heavy atom. The van der Waals surface area contributed by atoms with Crippen molar-refractivity contribution in [3.63, 3.8) is 0 Å². The Morgan fingerprint density at radius 1 is 1.18 bits per heavy atom. The van der Waals surface area contributed by atoms with Gasteiger partial charge in [0.1, 0.15) is 11.6 Å². The minimum absolute atomic E-state index is 0.0769. The summed E-state index contributed by atoms with van der Waals surface area (Å²) in [4.78, 5) is 4.75. The number of imidazole rings is 1. The second-order valence-corrected chi connectivity index (χ2v) is 5.59. The maximum Gasteiger partial charge on any atom is 0.141 e. The summed E-state index contributed by atoms with van der Waals surface area (Å²) in [6.07, 6.45) is 0. The quantitative estimate of drug-likeness (QED) is 0.789. The molecule has 0 aliphatic rings. The molecule has 1 unspecified atom stereocenters. The summed E-state index contributed by atoms with van der Waals surface area (Å²) in [5, 5.41) is 3.51. The van der Waals surface area contributed by atoms with Crippen molar-refractivity contribution in [2.24, 2.45) is 7.05 Å². The summed E-state index contributed by atoms with van der Waals surface area (Å²) in [6, 6.07) is 14.4. The first-order chi connectivity index (χ1) is 10.6. The minimum atomic E-state index is 0.0769. The molecule has 0 aliphatic heterocycles. The number of nitrogens with one attached hydrogen (secondary N) is 1. The molecule has 0 bridgehead atoms. The average molecular weight is 295 g/mol. The van der Waals surface area contributed by atoms with E-state index in [0.717, 1.165) is 28.3 Å². The predicted molar refractivity (Wildman–Crippen MR) is 90.5 cm³/mol. The Bertz CT molecular complexity index is 807. The predicted octanol–water partition coefficient (Wildman–Crippen LogP) is 4.06. The second kappa shape index (κ2) is 5.72. The van der Waals surface area contributed by atoms with Gasteiger partial charge >= 0.3 is 0 Å². The number of rotatable bonds is 4. The van der Waals surface area contributed by atoms with Gasteiger partial charge in [0, 0.05) is 7.05 Å². The molecule has 3 rings (SSSR count). The molecule has 4 heteroatoms. The van der Waals surface area contributed by atoms with Gasteiger partial charge in [-0.2, -0.15) is 0 Å². The smallest absolute Gasteiger partial charge is 0.141 e. The Hall–Kier alpha value is -2.49. The zero-order valence-electron chi connectivity index (χ0n) is 13.4. The third kappa shape index (κ3) is 2.52. The Kier molecular flexibility index (Phi) is 3.75. The molecule has 0 saturated heterocycles. The molecule has 0 amide bonds. The number of nitrogens with zero attached hydrogens (tertiary/aromatic N) is 2. The van der Waals surface area contributed by atoms with Gasteiger partial charge in [-0.15, -0.1) is 0 Å². The van der Waals surface area contributed by atoms with Crippen LogP contribution in [0.25, 0.3) is 11.0 Å². The maximum absolute atomic E-state index is 5.44. The van der Waals surface area contributed by atoms with Crippen molar-refractivity contribution in [1.29, 1.82) is 0 Å². The lowest BCUT2D eigenvalue weighted by Crippen LogP contribution is -2.12. The molecule has 3 aromatic rings. The summed E-state index contributed by atoms with van der Waals surface area (Å²) < 4.78 is 7.57. The lowest BCUT2D eigenvalue weighted by molar-refractivity contribution is 0.416. The number of ether oxygens (including phenoxy) is 1.